The van der Waals surface area contributed by atoms with E-state index in [1.807, 2.05) is 0 Å². The first-order valence-corrected chi connectivity index (χ1v) is 5.27. The van der Waals surface area contributed by atoms with Gasteiger partial charge in [0, 0.05) is 12.0 Å². The molecule has 0 spiro atoms. The fourth-order valence-electron chi connectivity index (χ4n) is 1.44. The molecule has 0 N–H and O–H groups in total. The number of methoxy groups -OCH3 is 2. The van der Waals surface area contributed by atoms with Gasteiger partial charge in [0.1, 0.15) is 0 Å². The van der Waals surface area contributed by atoms with Crippen LogP contribution in [-0.2, 0) is 0 Å². The van der Waals surface area contributed by atoms with Gasteiger partial charge in [0.15, 0.2) is 17.3 Å². The maximum absolute atomic E-state index is 11.7. The molecule has 0 aromatic heterocycles. The normalized spacial score (nSPS) is 9.94. The van der Waals surface area contributed by atoms with Gasteiger partial charge in [0.05, 0.1) is 14.2 Å². The smallest absolute Gasteiger partial charge is 0.163 e. The van der Waals surface area contributed by atoms with Crippen molar-refractivity contribution in [3.8, 4) is 11.5 Å². The van der Waals surface area contributed by atoms with Crippen LogP contribution in [0, 0.1) is 6.92 Å². The van der Waals surface area contributed by atoms with Gasteiger partial charge in [-0.1, -0.05) is 13.3 Å². The van der Waals surface area contributed by atoms with Gasteiger partial charge in [-0.15, -0.1) is 0 Å². The first-order valence-electron chi connectivity index (χ1n) is 5.27. The molecule has 0 aliphatic heterocycles. The second-order valence-corrected chi connectivity index (χ2v) is 3.45. The minimum Gasteiger partial charge on any atom is -0.493 e. The number of ether oxygens (including phenoxy) is 2. The summed E-state index contributed by atoms with van der Waals surface area (Å²) in [5.41, 5.74) is 0.658. The highest BCUT2D eigenvalue weighted by molar-refractivity contribution is 5.96. The maximum atomic E-state index is 11.7. The lowest BCUT2D eigenvalue weighted by atomic mass is 10.1. The Morgan fingerprint density at radius 2 is 1.94 bits per heavy atom. The van der Waals surface area contributed by atoms with Crippen molar-refractivity contribution in [3.63, 3.8) is 0 Å². The number of unbranched alkanes of at least 4 members (excludes halogenated alkanes) is 1. The van der Waals surface area contributed by atoms with E-state index in [0.29, 0.717) is 23.5 Å². The van der Waals surface area contributed by atoms with Crippen LogP contribution in [0.5, 0.6) is 11.5 Å². The van der Waals surface area contributed by atoms with E-state index in [4.69, 9.17) is 9.47 Å². The average Bonchev–Trinajstić information content (AvgIpc) is 2.34. The van der Waals surface area contributed by atoms with E-state index in [0.717, 1.165) is 12.8 Å². The number of carbonyl (C=O) groups excluding carboxylic acids is 1. The molecule has 1 aromatic rings. The van der Waals surface area contributed by atoms with Crippen molar-refractivity contribution in [2.45, 2.75) is 19.3 Å². The lowest BCUT2D eigenvalue weighted by Gasteiger charge is -2.08. The van der Waals surface area contributed by atoms with Crippen LogP contribution in [0.2, 0.25) is 0 Å². The second kappa shape index (κ2) is 6.16. The van der Waals surface area contributed by atoms with E-state index in [9.17, 15) is 4.79 Å². The molecule has 0 heterocycles. The van der Waals surface area contributed by atoms with Crippen LogP contribution in [0.4, 0.5) is 0 Å². The molecule has 3 heteroatoms. The zero-order chi connectivity index (χ0) is 12.0. The predicted molar refractivity (Wildman–Crippen MR) is 63.1 cm³/mol. The largest absolute Gasteiger partial charge is 0.493 e. The molecule has 1 radical (unpaired) electrons. The summed E-state index contributed by atoms with van der Waals surface area (Å²) in [7, 11) is 3.13. The topological polar surface area (TPSA) is 35.5 Å². The van der Waals surface area contributed by atoms with E-state index >= 15 is 0 Å². The van der Waals surface area contributed by atoms with E-state index in [1.54, 1.807) is 32.4 Å². The first-order chi connectivity index (χ1) is 7.72. The number of rotatable bonds is 6. The van der Waals surface area contributed by atoms with Gasteiger partial charge in [-0.25, -0.2) is 0 Å². The molecule has 1 rings (SSSR count). The molecule has 0 amide bonds. The molecule has 0 unspecified atom stereocenters. The van der Waals surface area contributed by atoms with Crippen molar-refractivity contribution >= 4 is 5.78 Å². The van der Waals surface area contributed by atoms with Crippen LogP contribution in [0.15, 0.2) is 18.2 Å². The molecule has 0 atom stereocenters. The highest BCUT2D eigenvalue weighted by Crippen LogP contribution is 2.28. The Labute approximate surface area is 96.4 Å². The first kappa shape index (κ1) is 12.6. The van der Waals surface area contributed by atoms with Gasteiger partial charge >= 0.3 is 0 Å². The molecule has 0 saturated heterocycles. The van der Waals surface area contributed by atoms with Gasteiger partial charge in [-0.2, -0.15) is 0 Å². The number of hydrogen-bond acceptors (Lipinski definition) is 3. The minimum atomic E-state index is 0.115. The van der Waals surface area contributed by atoms with Crippen molar-refractivity contribution in [1.29, 1.82) is 0 Å². The number of benzene rings is 1. The van der Waals surface area contributed by atoms with Crippen LogP contribution in [-0.4, -0.2) is 20.0 Å². The summed E-state index contributed by atoms with van der Waals surface area (Å²) in [6.45, 7) is 3.72. The minimum absolute atomic E-state index is 0.115. The van der Waals surface area contributed by atoms with Gasteiger partial charge in [-0.3, -0.25) is 4.79 Å². The molecule has 0 bridgehead atoms. The number of Topliss-reactive ketones (excluding diaryl/α,β-unsaturated/α-hetero) is 1. The summed E-state index contributed by atoms with van der Waals surface area (Å²) in [4.78, 5) is 11.7. The lowest BCUT2D eigenvalue weighted by Crippen LogP contribution is -2.00. The fraction of sp³-hybridized carbons (Fsp3) is 0.385. The predicted octanol–water partition coefficient (Wildman–Crippen LogP) is 2.89. The average molecular weight is 221 g/mol. The molecule has 1 aromatic carbocycles. The zero-order valence-corrected chi connectivity index (χ0v) is 9.79. The Hall–Kier alpha value is -1.51. The molecule has 0 fully saturated rings. The Kier molecular flexibility index (Phi) is 4.83. The summed E-state index contributed by atoms with van der Waals surface area (Å²) in [6.07, 6.45) is 2.12. The molecule has 16 heavy (non-hydrogen) atoms. The van der Waals surface area contributed by atoms with Crippen molar-refractivity contribution < 1.29 is 14.3 Å². The third kappa shape index (κ3) is 2.99. The third-order valence-corrected chi connectivity index (χ3v) is 2.36. The Morgan fingerprint density at radius 3 is 2.50 bits per heavy atom. The monoisotopic (exact) mass is 221 g/mol. The number of carbonyl (C=O) groups is 1. The molecule has 0 saturated carbocycles. The SMILES string of the molecule is [CH2]CCCC(=O)c1ccc(OC)c(OC)c1. The van der Waals surface area contributed by atoms with Crippen molar-refractivity contribution in [3.05, 3.63) is 30.7 Å². The Balaban J connectivity index is 2.85. The molecular formula is C13H17O3. The third-order valence-electron chi connectivity index (χ3n) is 2.36. The van der Waals surface area contributed by atoms with Crippen LogP contribution < -0.4 is 9.47 Å². The zero-order valence-electron chi connectivity index (χ0n) is 9.79. The molecule has 0 aliphatic carbocycles. The molecule has 0 aliphatic rings. The Morgan fingerprint density at radius 1 is 1.25 bits per heavy atom. The summed E-state index contributed by atoms with van der Waals surface area (Å²) in [5.74, 6) is 1.34. The highest BCUT2D eigenvalue weighted by Gasteiger charge is 2.09. The van der Waals surface area contributed by atoms with E-state index in [-0.39, 0.29) is 5.78 Å². The lowest BCUT2D eigenvalue weighted by molar-refractivity contribution is 0.0980. The summed E-state index contributed by atoms with van der Waals surface area (Å²) >= 11 is 0. The van der Waals surface area contributed by atoms with Crippen molar-refractivity contribution in [2.75, 3.05) is 14.2 Å². The standard InChI is InChI=1S/C13H17O3/c1-4-5-6-11(14)10-7-8-12(15-2)13(9-10)16-3/h7-9H,1,4-6H2,2-3H3. The second-order valence-electron chi connectivity index (χ2n) is 3.45. The summed E-state index contributed by atoms with van der Waals surface area (Å²) < 4.78 is 10.2. The van der Waals surface area contributed by atoms with E-state index in [1.165, 1.54) is 0 Å². The van der Waals surface area contributed by atoms with Crippen LogP contribution in [0.1, 0.15) is 29.6 Å². The van der Waals surface area contributed by atoms with Gasteiger partial charge in [0.2, 0.25) is 0 Å². The maximum Gasteiger partial charge on any atom is 0.163 e. The quantitative estimate of drug-likeness (QED) is 0.693. The van der Waals surface area contributed by atoms with E-state index < -0.39 is 0 Å². The van der Waals surface area contributed by atoms with Crippen LogP contribution in [0.25, 0.3) is 0 Å². The number of hydrogen-bond donors (Lipinski definition) is 0. The molecule has 3 nitrogen and oxygen atoms in total. The summed E-state index contributed by atoms with van der Waals surface area (Å²) in [6, 6.07) is 5.22. The van der Waals surface area contributed by atoms with Gasteiger partial charge in [0.25, 0.3) is 0 Å². The van der Waals surface area contributed by atoms with Gasteiger partial charge in [-0.05, 0) is 24.6 Å². The van der Waals surface area contributed by atoms with E-state index in [2.05, 4.69) is 6.92 Å². The van der Waals surface area contributed by atoms with Gasteiger partial charge < -0.3 is 9.47 Å². The van der Waals surface area contributed by atoms with Crippen molar-refractivity contribution in [2.24, 2.45) is 0 Å². The number of ketones is 1. The highest BCUT2D eigenvalue weighted by atomic mass is 16.5. The van der Waals surface area contributed by atoms with Crippen molar-refractivity contribution in [1.82, 2.24) is 0 Å². The fourth-order valence-corrected chi connectivity index (χ4v) is 1.44. The Bertz CT molecular complexity index is 358. The molecular weight excluding hydrogens is 204 g/mol. The van der Waals surface area contributed by atoms with Crippen LogP contribution >= 0.6 is 0 Å². The molecule has 87 valence electrons. The summed E-state index contributed by atoms with van der Waals surface area (Å²) in [5, 5.41) is 0. The van der Waals surface area contributed by atoms with Crippen LogP contribution in [0.3, 0.4) is 0 Å².